The Labute approximate surface area is 107 Å². The highest BCUT2D eigenvalue weighted by molar-refractivity contribution is 14.0. The number of hydrogen-bond donors (Lipinski definition) is 0. The van der Waals surface area contributed by atoms with Crippen LogP contribution in [0.1, 0.15) is 52.9 Å². The molecule has 1 saturated carbocycles. The Balaban J connectivity index is 0.00000169. The molecule has 14 heavy (non-hydrogen) atoms. The van der Waals surface area contributed by atoms with Crippen LogP contribution in [-0.2, 0) is 0 Å². The maximum atomic E-state index is 2.36. The van der Waals surface area contributed by atoms with Crippen molar-refractivity contribution in [2.75, 3.05) is 19.6 Å². The Bertz CT molecular complexity index is 129. The molecule has 1 fully saturated rings. The van der Waals surface area contributed by atoms with Crippen molar-refractivity contribution >= 4 is 24.0 Å². The topological polar surface area (TPSA) is 0 Å². The summed E-state index contributed by atoms with van der Waals surface area (Å²) in [4.78, 5) is 0. The van der Waals surface area contributed by atoms with Gasteiger partial charge in [0.2, 0.25) is 0 Å². The van der Waals surface area contributed by atoms with Crippen LogP contribution in [-0.4, -0.2) is 30.2 Å². The summed E-state index contributed by atoms with van der Waals surface area (Å²) < 4.78 is 1.38. The van der Waals surface area contributed by atoms with Gasteiger partial charge >= 0.3 is 0 Å². The third-order valence-electron chi connectivity index (χ3n) is 4.24. The summed E-state index contributed by atoms with van der Waals surface area (Å²) >= 11 is 0. The fourth-order valence-corrected chi connectivity index (χ4v) is 3.07. The fraction of sp³-hybridized carbons (Fsp3) is 1.00. The molecule has 1 nitrogen and oxygen atoms in total. The fourth-order valence-electron chi connectivity index (χ4n) is 3.07. The van der Waals surface area contributed by atoms with Gasteiger partial charge in [-0.3, -0.25) is 0 Å². The third-order valence-corrected chi connectivity index (χ3v) is 4.24. The van der Waals surface area contributed by atoms with Crippen LogP contribution in [0.25, 0.3) is 0 Å². The number of halogens is 1. The average Bonchev–Trinajstić information content (AvgIpc) is 2.23. The maximum Gasteiger partial charge on any atom is 0.0890 e. The van der Waals surface area contributed by atoms with Crippen LogP contribution in [0.15, 0.2) is 0 Å². The van der Waals surface area contributed by atoms with Crippen LogP contribution in [0.3, 0.4) is 0 Å². The minimum Gasteiger partial charge on any atom is -0.322 e. The smallest absolute Gasteiger partial charge is 0.0890 e. The lowest BCUT2D eigenvalue weighted by molar-refractivity contribution is -0.947. The molecule has 1 rings (SSSR count). The predicted octanol–water partition coefficient (Wildman–Crippen LogP) is 3.81. The van der Waals surface area contributed by atoms with E-state index in [0.29, 0.717) is 0 Å². The molecule has 0 unspecified atom stereocenters. The van der Waals surface area contributed by atoms with Crippen molar-refractivity contribution in [1.82, 2.24) is 0 Å². The van der Waals surface area contributed by atoms with Crippen molar-refractivity contribution in [3.05, 3.63) is 0 Å². The lowest BCUT2D eigenvalue weighted by Gasteiger charge is -2.44. The molecule has 0 aromatic carbocycles. The van der Waals surface area contributed by atoms with Crippen LogP contribution in [0, 0.1) is 0 Å². The standard InChI is InChI=1S/C12H26N.HI/c1-4-13(5-2,6-3)12-10-8-7-9-11-12;/h12H,4-11H2,1-3H3;1H/q+1;. The minimum atomic E-state index is 0. The zero-order valence-corrected chi connectivity index (χ0v) is 12.4. The van der Waals surface area contributed by atoms with E-state index in [4.69, 9.17) is 0 Å². The summed E-state index contributed by atoms with van der Waals surface area (Å²) in [6, 6.07) is 0.980. The molecule has 1 aliphatic carbocycles. The second-order valence-corrected chi connectivity index (χ2v) is 4.46. The monoisotopic (exact) mass is 312 g/mol. The van der Waals surface area contributed by atoms with Gasteiger partial charge in [-0.25, -0.2) is 0 Å². The van der Waals surface area contributed by atoms with Gasteiger partial charge in [-0.05, 0) is 46.5 Å². The average molecular weight is 312 g/mol. The first-order chi connectivity index (χ1) is 6.29. The van der Waals surface area contributed by atoms with Crippen LogP contribution in [0.2, 0.25) is 0 Å². The van der Waals surface area contributed by atoms with Crippen molar-refractivity contribution in [2.24, 2.45) is 0 Å². The minimum absolute atomic E-state index is 0. The van der Waals surface area contributed by atoms with E-state index in [1.54, 1.807) is 0 Å². The molecular weight excluding hydrogens is 285 g/mol. The van der Waals surface area contributed by atoms with Crippen molar-refractivity contribution in [3.63, 3.8) is 0 Å². The Morgan fingerprint density at radius 2 is 1.29 bits per heavy atom. The highest BCUT2D eigenvalue weighted by atomic mass is 127. The summed E-state index contributed by atoms with van der Waals surface area (Å²) in [6.45, 7) is 11.1. The van der Waals surface area contributed by atoms with Crippen molar-refractivity contribution in [3.8, 4) is 0 Å². The van der Waals surface area contributed by atoms with E-state index in [9.17, 15) is 0 Å². The Hall–Kier alpha value is 0.690. The molecule has 2 heteroatoms. The molecule has 0 aliphatic heterocycles. The van der Waals surface area contributed by atoms with Gasteiger partial charge in [-0.2, -0.15) is 0 Å². The summed E-state index contributed by atoms with van der Waals surface area (Å²) in [7, 11) is 0. The van der Waals surface area contributed by atoms with E-state index in [2.05, 4.69) is 20.8 Å². The lowest BCUT2D eigenvalue weighted by Crippen LogP contribution is -2.55. The third kappa shape index (κ3) is 3.09. The van der Waals surface area contributed by atoms with Crippen LogP contribution >= 0.6 is 24.0 Å². The number of nitrogens with zero attached hydrogens (tertiary/aromatic N) is 1. The van der Waals surface area contributed by atoms with Gasteiger partial charge in [0.1, 0.15) is 0 Å². The molecule has 0 atom stereocenters. The predicted molar refractivity (Wildman–Crippen MR) is 74.2 cm³/mol. The Kier molecular flexibility index (Phi) is 7.39. The molecule has 0 spiro atoms. The van der Waals surface area contributed by atoms with E-state index in [0.717, 1.165) is 6.04 Å². The number of quaternary nitrogens is 1. The molecule has 0 saturated heterocycles. The van der Waals surface area contributed by atoms with Gasteiger partial charge < -0.3 is 4.48 Å². The second-order valence-electron chi connectivity index (χ2n) is 4.46. The van der Waals surface area contributed by atoms with Gasteiger partial charge in [-0.1, -0.05) is 6.42 Å². The molecule has 0 N–H and O–H groups in total. The summed E-state index contributed by atoms with van der Waals surface area (Å²) in [5.41, 5.74) is 0. The zero-order valence-electron chi connectivity index (χ0n) is 10.1. The molecule has 86 valence electrons. The molecule has 1 aliphatic rings. The number of hydrogen-bond acceptors (Lipinski definition) is 0. The molecule has 0 heterocycles. The molecule has 0 bridgehead atoms. The van der Waals surface area contributed by atoms with Gasteiger partial charge in [0, 0.05) is 0 Å². The van der Waals surface area contributed by atoms with E-state index in [1.165, 1.54) is 56.2 Å². The molecule has 0 amide bonds. The van der Waals surface area contributed by atoms with E-state index in [1.807, 2.05) is 0 Å². The van der Waals surface area contributed by atoms with E-state index < -0.39 is 0 Å². The largest absolute Gasteiger partial charge is 0.322 e. The van der Waals surface area contributed by atoms with Crippen LogP contribution < -0.4 is 0 Å². The molecule has 0 aromatic heterocycles. The van der Waals surface area contributed by atoms with Gasteiger partial charge in [0.15, 0.2) is 0 Å². The summed E-state index contributed by atoms with van der Waals surface area (Å²) in [6.07, 6.45) is 7.40. The molecule has 0 aromatic rings. The van der Waals surface area contributed by atoms with Crippen LogP contribution in [0.5, 0.6) is 0 Å². The Morgan fingerprint density at radius 3 is 1.64 bits per heavy atom. The van der Waals surface area contributed by atoms with E-state index >= 15 is 0 Å². The van der Waals surface area contributed by atoms with Gasteiger partial charge in [0.25, 0.3) is 0 Å². The van der Waals surface area contributed by atoms with Gasteiger partial charge in [0.05, 0.1) is 25.7 Å². The summed E-state index contributed by atoms with van der Waals surface area (Å²) in [5.74, 6) is 0. The highest BCUT2D eigenvalue weighted by Gasteiger charge is 2.32. The molecule has 0 radical (unpaired) electrons. The van der Waals surface area contributed by atoms with Crippen molar-refractivity contribution < 1.29 is 4.48 Å². The second kappa shape index (κ2) is 7.04. The Morgan fingerprint density at radius 1 is 0.857 bits per heavy atom. The van der Waals surface area contributed by atoms with Crippen molar-refractivity contribution in [1.29, 1.82) is 0 Å². The van der Waals surface area contributed by atoms with Crippen molar-refractivity contribution in [2.45, 2.75) is 58.9 Å². The number of rotatable bonds is 4. The first kappa shape index (κ1) is 14.7. The molecular formula is C12H27IN+. The van der Waals surface area contributed by atoms with Gasteiger partial charge in [-0.15, -0.1) is 24.0 Å². The van der Waals surface area contributed by atoms with E-state index in [-0.39, 0.29) is 24.0 Å². The lowest BCUT2D eigenvalue weighted by atomic mass is 9.92. The summed E-state index contributed by atoms with van der Waals surface area (Å²) in [5, 5.41) is 0. The normalized spacial score (nSPS) is 19.1. The first-order valence-corrected chi connectivity index (χ1v) is 6.14. The SMILES string of the molecule is CC[N+](CC)(CC)C1CCCCC1.I. The quantitative estimate of drug-likeness (QED) is 0.547. The highest BCUT2D eigenvalue weighted by Crippen LogP contribution is 2.27. The maximum absolute atomic E-state index is 2.36. The first-order valence-electron chi connectivity index (χ1n) is 6.14. The zero-order chi connectivity index (χ0) is 9.73. The van der Waals surface area contributed by atoms with Crippen LogP contribution in [0.4, 0.5) is 0 Å².